The highest BCUT2D eigenvalue weighted by atomic mass is 32.2. The zero-order valence-corrected chi connectivity index (χ0v) is 16.9. The van der Waals surface area contributed by atoms with E-state index in [2.05, 4.69) is 4.98 Å². The number of benzene rings is 3. The van der Waals surface area contributed by atoms with Gasteiger partial charge in [-0.3, -0.25) is 8.78 Å². The maximum atomic E-state index is 11.9. The smallest absolute Gasteiger partial charge is 0.336 e. The number of para-hydroxylation sites is 2. The summed E-state index contributed by atoms with van der Waals surface area (Å²) in [6.07, 6.45) is 1.67. The van der Waals surface area contributed by atoms with Crippen LogP contribution in [0.15, 0.2) is 66.7 Å². The van der Waals surface area contributed by atoms with Gasteiger partial charge in [-0.2, -0.15) is 0 Å². The van der Waals surface area contributed by atoms with Crippen molar-refractivity contribution in [2.75, 3.05) is 6.26 Å². The number of fused-ring (bicyclic) bond motifs is 1. The largest absolute Gasteiger partial charge is 0.478 e. The van der Waals surface area contributed by atoms with Gasteiger partial charge in [0.2, 0.25) is 0 Å². The molecule has 1 unspecified atom stereocenters. The number of nitrogens with zero attached hydrogens (tertiary/aromatic N) is 2. The van der Waals surface area contributed by atoms with Crippen molar-refractivity contribution in [1.29, 1.82) is 0 Å². The molecule has 6 heteroatoms. The first-order valence-corrected chi connectivity index (χ1v) is 10.9. The fourth-order valence-electron chi connectivity index (χ4n) is 3.64. The molecule has 0 fully saturated rings. The van der Waals surface area contributed by atoms with Crippen LogP contribution < -0.4 is 0 Å². The fourth-order valence-corrected chi connectivity index (χ4v) is 4.19. The molecule has 29 heavy (non-hydrogen) atoms. The summed E-state index contributed by atoms with van der Waals surface area (Å²) < 4.78 is 13.9. The zero-order chi connectivity index (χ0) is 20.5. The molecule has 0 aliphatic heterocycles. The Balaban J connectivity index is 1.88. The Morgan fingerprint density at radius 1 is 1.03 bits per heavy atom. The average Bonchev–Trinajstić information content (AvgIpc) is 3.05. The van der Waals surface area contributed by atoms with Gasteiger partial charge < -0.3 is 5.11 Å². The van der Waals surface area contributed by atoms with Crippen molar-refractivity contribution in [3.05, 3.63) is 83.7 Å². The average molecular weight is 404 g/mol. The van der Waals surface area contributed by atoms with Crippen molar-refractivity contribution >= 4 is 27.8 Å². The van der Waals surface area contributed by atoms with Gasteiger partial charge in [0.15, 0.2) is 0 Å². The van der Waals surface area contributed by atoms with Gasteiger partial charge in [0.1, 0.15) is 5.82 Å². The molecule has 3 aromatic carbocycles. The van der Waals surface area contributed by atoms with Gasteiger partial charge in [-0.15, -0.1) is 0 Å². The summed E-state index contributed by atoms with van der Waals surface area (Å²) in [7, 11) is -1.02. The first kappa shape index (κ1) is 19.1. The summed E-state index contributed by atoms with van der Waals surface area (Å²) in [6, 6.07) is 20.7. The number of aryl methyl sites for hydroxylation is 1. The van der Waals surface area contributed by atoms with E-state index in [1.165, 1.54) is 0 Å². The van der Waals surface area contributed by atoms with Crippen LogP contribution in [0.3, 0.4) is 0 Å². The van der Waals surface area contributed by atoms with E-state index in [1.807, 2.05) is 66.1 Å². The van der Waals surface area contributed by atoms with E-state index in [9.17, 15) is 14.1 Å². The van der Waals surface area contributed by atoms with Crippen molar-refractivity contribution in [3.8, 4) is 16.8 Å². The molecular formula is C23H20N2O3S. The minimum Gasteiger partial charge on any atom is -0.478 e. The zero-order valence-electron chi connectivity index (χ0n) is 16.1. The molecule has 1 N–H and O–H groups in total. The third-order valence-electron chi connectivity index (χ3n) is 4.88. The standard InChI is InChI=1S/C23H20N2O3S/c1-15-13-16(11-12-17(15)18-7-3-4-8-19(18)23(26)27)25-21-10-6-5-9-20(21)24-22(25)14-29(2)28/h3-13H,14H2,1-2H3,(H,26,27). The number of rotatable bonds is 5. The molecule has 4 aromatic rings. The summed E-state index contributed by atoms with van der Waals surface area (Å²) in [4.78, 5) is 16.3. The highest BCUT2D eigenvalue weighted by molar-refractivity contribution is 7.83. The predicted octanol–water partition coefficient (Wildman–Crippen LogP) is 4.58. The van der Waals surface area contributed by atoms with Crippen LogP contribution in [0, 0.1) is 6.92 Å². The summed E-state index contributed by atoms with van der Waals surface area (Å²) in [6.45, 7) is 1.97. The number of aromatic nitrogens is 2. The van der Waals surface area contributed by atoms with Gasteiger partial charge in [-0.1, -0.05) is 36.4 Å². The molecule has 1 aromatic heterocycles. The van der Waals surface area contributed by atoms with Crippen LogP contribution in [0.2, 0.25) is 0 Å². The Morgan fingerprint density at radius 2 is 1.76 bits per heavy atom. The number of carboxylic acid groups (broad SMARTS) is 1. The number of imidazole rings is 1. The minimum absolute atomic E-state index is 0.276. The second-order valence-corrected chi connectivity index (χ2v) is 8.35. The maximum Gasteiger partial charge on any atom is 0.336 e. The van der Waals surface area contributed by atoms with Crippen LogP contribution >= 0.6 is 0 Å². The maximum absolute atomic E-state index is 11.9. The van der Waals surface area contributed by atoms with E-state index >= 15 is 0 Å². The molecule has 0 bridgehead atoms. The second-order valence-electron chi connectivity index (χ2n) is 6.92. The topological polar surface area (TPSA) is 72.2 Å². The van der Waals surface area contributed by atoms with Crippen LogP contribution in [0.5, 0.6) is 0 Å². The van der Waals surface area contributed by atoms with Crippen molar-refractivity contribution < 1.29 is 14.1 Å². The van der Waals surface area contributed by atoms with Crippen molar-refractivity contribution in [2.24, 2.45) is 0 Å². The van der Waals surface area contributed by atoms with Gasteiger partial charge in [-0.05, 0) is 53.9 Å². The van der Waals surface area contributed by atoms with Gasteiger partial charge in [0, 0.05) is 22.7 Å². The molecule has 0 saturated carbocycles. The van der Waals surface area contributed by atoms with Crippen LogP contribution in [0.1, 0.15) is 21.7 Å². The molecule has 5 nitrogen and oxygen atoms in total. The molecule has 0 amide bonds. The Bertz CT molecular complexity index is 1260. The van der Waals surface area contributed by atoms with E-state index in [-0.39, 0.29) is 5.56 Å². The van der Waals surface area contributed by atoms with Crippen LogP contribution in [-0.2, 0) is 16.6 Å². The lowest BCUT2D eigenvalue weighted by Gasteiger charge is -2.14. The minimum atomic E-state index is -1.02. The lowest BCUT2D eigenvalue weighted by Crippen LogP contribution is -2.05. The van der Waals surface area contributed by atoms with E-state index in [0.717, 1.165) is 33.7 Å². The van der Waals surface area contributed by atoms with Crippen molar-refractivity contribution in [3.63, 3.8) is 0 Å². The second kappa shape index (κ2) is 7.64. The third-order valence-corrected chi connectivity index (χ3v) is 5.54. The first-order valence-electron chi connectivity index (χ1n) is 9.16. The molecule has 146 valence electrons. The van der Waals surface area contributed by atoms with Crippen molar-refractivity contribution in [1.82, 2.24) is 9.55 Å². The van der Waals surface area contributed by atoms with Crippen molar-refractivity contribution in [2.45, 2.75) is 12.7 Å². The van der Waals surface area contributed by atoms with Crippen LogP contribution in [0.4, 0.5) is 0 Å². The number of carboxylic acids is 1. The molecule has 0 aliphatic carbocycles. The lowest BCUT2D eigenvalue weighted by atomic mass is 9.95. The lowest BCUT2D eigenvalue weighted by molar-refractivity contribution is 0.0697. The SMILES string of the molecule is Cc1cc(-n2c(CS(C)=O)nc3ccccc32)ccc1-c1ccccc1C(=O)O. The monoisotopic (exact) mass is 404 g/mol. The summed E-state index contributed by atoms with van der Waals surface area (Å²) in [5.41, 5.74) is 5.51. The highest BCUT2D eigenvalue weighted by Crippen LogP contribution is 2.30. The molecule has 0 saturated heterocycles. The van der Waals surface area contributed by atoms with Gasteiger partial charge >= 0.3 is 5.97 Å². The Hall–Kier alpha value is -3.25. The van der Waals surface area contributed by atoms with Crippen LogP contribution in [-0.4, -0.2) is 31.1 Å². The molecule has 0 aliphatic rings. The van der Waals surface area contributed by atoms with E-state index in [1.54, 1.807) is 18.4 Å². The summed E-state index contributed by atoms with van der Waals surface area (Å²) in [5, 5.41) is 9.52. The normalized spacial score (nSPS) is 12.2. The van der Waals surface area contributed by atoms with E-state index < -0.39 is 16.8 Å². The van der Waals surface area contributed by atoms with Gasteiger partial charge in [0.05, 0.1) is 22.3 Å². The summed E-state index contributed by atoms with van der Waals surface area (Å²) >= 11 is 0. The molecule has 4 rings (SSSR count). The quantitative estimate of drug-likeness (QED) is 0.529. The molecular weight excluding hydrogens is 384 g/mol. The number of carbonyl (C=O) groups is 1. The summed E-state index contributed by atoms with van der Waals surface area (Å²) in [5.74, 6) is 0.152. The number of aromatic carboxylic acids is 1. The number of hydrogen-bond acceptors (Lipinski definition) is 3. The van der Waals surface area contributed by atoms with E-state index in [4.69, 9.17) is 0 Å². The molecule has 0 radical (unpaired) electrons. The first-order chi connectivity index (χ1) is 14.0. The van der Waals surface area contributed by atoms with E-state index in [0.29, 0.717) is 11.3 Å². The van der Waals surface area contributed by atoms with Crippen LogP contribution in [0.25, 0.3) is 27.8 Å². The molecule has 1 heterocycles. The molecule has 1 atom stereocenters. The highest BCUT2D eigenvalue weighted by Gasteiger charge is 2.16. The van der Waals surface area contributed by atoms with Gasteiger partial charge in [-0.25, -0.2) is 9.78 Å². The fraction of sp³-hybridized carbons (Fsp3) is 0.130. The number of hydrogen-bond donors (Lipinski definition) is 1. The Kier molecular flexibility index (Phi) is 5.03. The third kappa shape index (κ3) is 3.59. The Morgan fingerprint density at radius 3 is 2.48 bits per heavy atom. The van der Waals surface area contributed by atoms with Gasteiger partial charge in [0.25, 0.3) is 0 Å². The predicted molar refractivity (Wildman–Crippen MR) is 116 cm³/mol. The Labute approximate surface area is 171 Å². The molecule has 0 spiro atoms.